The van der Waals surface area contributed by atoms with Crippen LogP contribution >= 0.6 is 11.6 Å². The van der Waals surface area contributed by atoms with Crippen LogP contribution in [0, 0.1) is 11.3 Å². The van der Waals surface area contributed by atoms with Crippen LogP contribution in [0.15, 0.2) is 60.3 Å². The summed E-state index contributed by atoms with van der Waals surface area (Å²) in [6.45, 7) is 0.469. The van der Waals surface area contributed by atoms with E-state index in [4.69, 9.17) is 21.6 Å². The zero-order valence-corrected chi connectivity index (χ0v) is 13.8. The second-order valence-electron chi connectivity index (χ2n) is 4.86. The van der Waals surface area contributed by atoms with Gasteiger partial charge in [-0.2, -0.15) is 5.26 Å². The number of nitrogens with zero attached hydrogens (tertiary/aromatic N) is 1. The molecule has 0 atom stereocenters. The van der Waals surface area contributed by atoms with Gasteiger partial charge in [0.15, 0.2) is 0 Å². The van der Waals surface area contributed by atoms with Gasteiger partial charge in [0.2, 0.25) is 0 Å². The second-order valence-corrected chi connectivity index (χ2v) is 5.30. The molecule has 2 rings (SSSR count). The van der Waals surface area contributed by atoms with Gasteiger partial charge in [0.1, 0.15) is 17.4 Å². The maximum atomic E-state index is 12.1. The Labute approximate surface area is 145 Å². The number of carbonyl (C=O) groups excluding carboxylic acids is 1. The van der Waals surface area contributed by atoms with Crippen molar-refractivity contribution in [2.75, 3.05) is 12.4 Å². The lowest BCUT2D eigenvalue weighted by atomic mass is 10.2. The van der Waals surface area contributed by atoms with E-state index in [0.29, 0.717) is 17.3 Å². The van der Waals surface area contributed by atoms with Gasteiger partial charge in [-0.25, -0.2) is 0 Å². The van der Waals surface area contributed by atoms with Gasteiger partial charge in [-0.3, -0.25) is 4.79 Å². The lowest BCUT2D eigenvalue weighted by Crippen LogP contribution is -2.16. The molecule has 0 saturated carbocycles. The van der Waals surface area contributed by atoms with E-state index in [9.17, 15) is 4.79 Å². The van der Waals surface area contributed by atoms with Gasteiger partial charge in [-0.05, 0) is 42.0 Å². The van der Waals surface area contributed by atoms with Crippen LogP contribution in [-0.4, -0.2) is 13.0 Å². The fourth-order valence-corrected chi connectivity index (χ4v) is 2.06. The van der Waals surface area contributed by atoms with E-state index in [-0.39, 0.29) is 5.57 Å². The van der Waals surface area contributed by atoms with Crippen LogP contribution in [-0.2, 0) is 11.3 Å². The summed E-state index contributed by atoms with van der Waals surface area (Å²) in [5, 5.41) is 15.3. The molecule has 0 radical (unpaired) electrons. The first kappa shape index (κ1) is 17.4. The molecule has 0 fully saturated rings. The highest BCUT2D eigenvalue weighted by Crippen LogP contribution is 2.14. The fraction of sp³-hybridized carbons (Fsp3) is 0.111. The molecule has 0 aliphatic heterocycles. The number of amides is 1. The van der Waals surface area contributed by atoms with Crippen LogP contribution in [0.2, 0.25) is 5.02 Å². The van der Waals surface area contributed by atoms with Crippen molar-refractivity contribution < 1.29 is 9.53 Å². The van der Waals surface area contributed by atoms with Gasteiger partial charge in [0, 0.05) is 23.5 Å². The highest BCUT2D eigenvalue weighted by atomic mass is 35.5. The van der Waals surface area contributed by atoms with Crippen LogP contribution in [0.3, 0.4) is 0 Å². The Hall–Kier alpha value is -2.97. The van der Waals surface area contributed by atoms with E-state index in [0.717, 1.165) is 11.3 Å². The number of rotatable bonds is 6. The van der Waals surface area contributed by atoms with Crippen molar-refractivity contribution in [1.82, 2.24) is 5.32 Å². The molecule has 6 heteroatoms. The van der Waals surface area contributed by atoms with E-state index in [2.05, 4.69) is 10.6 Å². The monoisotopic (exact) mass is 341 g/mol. The summed E-state index contributed by atoms with van der Waals surface area (Å²) in [6, 6.07) is 16.0. The topological polar surface area (TPSA) is 74.1 Å². The van der Waals surface area contributed by atoms with Crippen molar-refractivity contribution in [3.63, 3.8) is 0 Å². The van der Waals surface area contributed by atoms with E-state index in [1.165, 1.54) is 6.20 Å². The number of nitrogens with one attached hydrogen (secondary N) is 2. The van der Waals surface area contributed by atoms with Crippen LogP contribution in [0.25, 0.3) is 0 Å². The molecule has 2 aromatic carbocycles. The van der Waals surface area contributed by atoms with Crippen LogP contribution in [0.1, 0.15) is 5.56 Å². The van der Waals surface area contributed by atoms with Gasteiger partial charge in [-0.15, -0.1) is 0 Å². The predicted molar refractivity (Wildman–Crippen MR) is 93.6 cm³/mol. The molecule has 0 unspecified atom stereocenters. The number of hydrogen-bond donors (Lipinski definition) is 2. The van der Waals surface area contributed by atoms with Crippen LogP contribution in [0.5, 0.6) is 5.75 Å². The van der Waals surface area contributed by atoms with E-state index < -0.39 is 5.91 Å². The molecular formula is C18H16ClN3O2. The van der Waals surface area contributed by atoms with Gasteiger partial charge < -0.3 is 15.4 Å². The lowest BCUT2D eigenvalue weighted by molar-refractivity contribution is -0.112. The van der Waals surface area contributed by atoms with Crippen molar-refractivity contribution in [1.29, 1.82) is 5.26 Å². The van der Waals surface area contributed by atoms with E-state index >= 15 is 0 Å². The Balaban J connectivity index is 1.96. The summed E-state index contributed by atoms with van der Waals surface area (Å²) in [4.78, 5) is 12.1. The molecule has 24 heavy (non-hydrogen) atoms. The van der Waals surface area contributed by atoms with Crippen molar-refractivity contribution in [3.8, 4) is 11.8 Å². The summed E-state index contributed by atoms with van der Waals surface area (Å²) >= 11 is 5.79. The average molecular weight is 342 g/mol. The number of ether oxygens (including phenoxy) is 1. The van der Waals surface area contributed by atoms with Crippen molar-refractivity contribution >= 4 is 23.2 Å². The maximum absolute atomic E-state index is 12.1. The summed E-state index contributed by atoms with van der Waals surface area (Å²) in [7, 11) is 1.60. The molecule has 1 amide bonds. The van der Waals surface area contributed by atoms with E-state index in [1.54, 1.807) is 31.4 Å². The van der Waals surface area contributed by atoms with Crippen LogP contribution in [0.4, 0.5) is 5.69 Å². The predicted octanol–water partition coefficient (Wildman–Crippen LogP) is 3.48. The molecule has 0 aliphatic carbocycles. The molecule has 2 N–H and O–H groups in total. The quantitative estimate of drug-likeness (QED) is 0.623. The molecular weight excluding hydrogens is 326 g/mol. The summed E-state index contributed by atoms with van der Waals surface area (Å²) in [5.41, 5.74) is 1.52. The second kappa shape index (κ2) is 8.61. The Bertz CT molecular complexity index is 780. The first-order valence-electron chi connectivity index (χ1n) is 7.16. The highest BCUT2D eigenvalue weighted by Gasteiger charge is 2.09. The van der Waals surface area contributed by atoms with Gasteiger partial charge in [-0.1, -0.05) is 23.7 Å². The number of anilines is 1. The highest BCUT2D eigenvalue weighted by molar-refractivity contribution is 6.30. The fourth-order valence-electron chi connectivity index (χ4n) is 1.93. The number of nitriles is 1. The Morgan fingerprint density at radius 3 is 2.71 bits per heavy atom. The van der Waals surface area contributed by atoms with Crippen molar-refractivity contribution in [3.05, 3.63) is 70.9 Å². The first-order valence-corrected chi connectivity index (χ1v) is 7.53. The van der Waals surface area contributed by atoms with Crippen LogP contribution < -0.4 is 15.4 Å². The Kier molecular flexibility index (Phi) is 6.23. The third-order valence-corrected chi connectivity index (χ3v) is 3.41. The number of methoxy groups -OCH3 is 1. The summed E-state index contributed by atoms with van der Waals surface area (Å²) < 4.78 is 5.15. The molecule has 0 aromatic heterocycles. The lowest BCUT2D eigenvalue weighted by Gasteiger charge is -2.06. The minimum Gasteiger partial charge on any atom is -0.497 e. The zero-order chi connectivity index (χ0) is 17.4. The Morgan fingerprint density at radius 1 is 1.29 bits per heavy atom. The third kappa shape index (κ3) is 5.04. The van der Waals surface area contributed by atoms with Crippen molar-refractivity contribution in [2.24, 2.45) is 0 Å². The minimum absolute atomic E-state index is 0.0205. The molecule has 122 valence electrons. The van der Waals surface area contributed by atoms with Gasteiger partial charge in [0.25, 0.3) is 5.91 Å². The average Bonchev–Trinajstić information content (AvgIpc) is 2.61. The third-order valence-electron chi connectivity index (χ3n) is 3.15. The van der Waals surface area contributed by atoms with Crippen molar-refractivity contribution in [2.45, 2.75) is 6.54 Å². The molecule has 0 heterocycles. The number of halogens is 1. The molecule has 0 aliphatic rings. The summed E-state index contributed by atoms with van der Waals surface area (Å²) in [5.74, 6) is 0.261. The van der Waals surface area contributed by atoms with Gasteiger partial charge in [0.05, 0.1) is 7.11 Å². The molecule has 0 spiro atoms. The van der Waals surface area contributed by atoms with E-state index in [1.807, 2.05) is 30.3 Å². The number of hydrogen-bond acceptors (Lipinski definition) is 4. The molecule has 5 nitrogen and oxygen atoms in total. The Morgan fingerprint density at radius 2 is 2.04 bits per heavy atom. The molecule has 0 saturated heterocycles. The largest absolute Gasteiger partial charge is 0.497 e. The smallest absolute Gasteiger partial charge is 0.267 e. The minimum atomic E-state index is -0.488. The molecule has 0 bridgehead atoms. The number of carbonyl (C=O) groups is 1. The summed E-state index contributed by atoms with van der Waals surface area (Å²) in [6.07, 6.45) is 1.39. The molecule has 2 aromatic rings. The maximum Gasteiger partial charge on any atom is 0.267 e. The standard InChI is InChI=1S/C18H16ClN3O2/c1-24-17-4-2-3-13(9-17)11-21-12-14(10-20)18(23)22-16-7-5-15(19)6-8-16/h2-9,12,21H,11H2,1H3,(H,22,23)/b14-12-. The number of benzene rings is 2. The first-order chi connectivity index (χ1) is 11.6. The SMILES string of the molecule is COc1cccc(CN/C=C(/C#N)C(=O)Nc2ccc(Cl)cc2)c1. The van der Waals surface area contributed by atoms with Gasteiger partial charge >= 0.3 is 0 Å². The zero-order valence-electron chi connectivity index (χ0n) is 13.0. The normalized spacial score (nSPS) is 10.6.